The molecule has 0 aliphatic carbocycles. The van der Waals surface area contributed by atoms with Crippen LogP contribution < -0.4 is 5.32 Å². The summed E-state index contributed by atoms with van der Waals surface area (Å²) < 4.78 is 14.9. The van der Waals surface area contributed by atoms with Crippen molar-refractivity contribution in [2.24, 2.45) is 7.05 Å². The molecule has 0 unspecified atom stereocenters. The van der Waals surface area contributed by atoms with Gasteiger partial charge in [0.15, 0.2) is 11.0 Å². The first-order valence-electron chi connectivity index (χ1n) is 8.98. The summed E-state index contributed by atoms with van der Waals surface area (Å²) in [6, 6.07) is 14.0. The molecule has 152 valence electrons. The van der Waals surface area contributed by atoms with Crippen LogP contribution >= 0.6 is 23.1 Å². The molecule has 0 spiro atoms. The number of rotatable bonds is 6. The molecule has 2 aromatic carbocycles. The highest BCUT2D eigenvalue weighted by atomic mass is 32.2. The molecule has 0 saturated carbocycles. The lowest BCUT2D eigenvalue weighted by molar-refractivity contribution is -0.113. The quantitative estimate of drug-likeness (QED) is 0.453. The van der Waals surface area contributed by atoms with Crippen LogP contribution in [0.2, 0.25) is 0 Å². The number of nitrogens with one attached hydrogen (secondary N) is 1. The van der Waals surface area contributed by atoms with Gasteiger partial charge < -0.3 is 4.57 Å². The van der Waals surface area contributed by atoms with E-state index < -0.39 is 0 Å². The largest absolute Gasteiger partial charge is 0.305 e. The number of aromatic nitrogens is 5. The summed E-state index contributed by atoms with van der Waals surface area (Å²) in [4.78, 5) is 12.3. The smallest absolute Gasteiger partial charge is 0.236 e. The van der Waals surface area contributed by atoms with Crippen LogP contribution in [0, 0.1) is 12.7 Å². The van der Waals surface area contributed by atoms with E-state index in [0.717, 1.165) is 17.0 Å². The third-order valence-corrected chi connectivity index (χ3v) is 6.15. The Morgan fingerprint density at radius 3 is 2.47 bits per heavy atom. The van der Waals surface area contributed by atoms with Gasteiger partial charge in [-0.1, -0.05) is 52.9 Å². The highest BCUT2D eigenvalue weighted by molar-refractivity contribution is 7.99. The van der Waals surface area contributed by atoms with Crippen LogP contribution in [0.25, 0.3) is 22.0 Å². The van der Waals surface area contributed by atoms with Crippen molar-refractivity contribution in [2.45, 2.75) is 12.1 Å². The Hall–Kier alpha value is -3.11. The molecule has 0 bridgehead atoms. The number of anilines is 1. The minimum absolute atomic E-state index is 0.158. The molecule has 2 heterocycles. The Kier molecular flexibility index (Phi) is 5.86. The first-order valence-corrected chi connectivity index (χ1v) is 10.8. The second-order valence-corrected chi connectivity index (χ2v) is 8.41. The number of thioether (sulfide) groups is 1. The molecule has 7 nitrogen and oxygen atoms in total. The Morgan fingerprint density at radius 1 is 1.03 bits per heavy atom. The molecule has 4 aromatic rings. The van der Waals surface area contributed by atoms with Crippen LogP contribution in [0.4, 0.5) is 9.52 Å². The van der Waals surface area contributed by atoms with Crippen molar-refractivity contribution in [3.63, 3.8) is 0 Å². The molecule has 1 N–H and O–H groups in total. The third-order valence-electron chi connectivity index (χ3n) is 4.24. The van der Waals surface area contributed by atoms with Gasteiger partial charge in [-0.05, 0) is 31.2 Å². The van der Waals surface area contributed by atoms with Crippen LogP contribution in [0.1, 0.15) is 5.56 Å². The second kappa shape index (κ2) is 8.72. The van der Waals surface area contributed by atoms with Gasteiger partial charge in [0.2, 0.25) is 11.0 Å². The zero-order valence-corrected chi connectivity index (χ0v) is 17.8. The van der Waals surface area contributed by atoms with Gasteiger partial charge in [0.1, 0.15) is 10.8 Å². The monoisotopic (exact) mass is 440 g/mol. The van der Waals surface area contributed by atoms with Crippen molar-refractivity contribution in [1.29, 1.82) is 0 Å². The topological polar surface area (TPSA) is 85.6 Å². The van der Waals surface area contributed by atoms with Gasteiger partial charge in [0.05, 0.1) is 5.75 Å². The predicted octanol–water partition coefficient (Wildman–Crippen LogP) is 4.18. The van der Waals surface area contributed by atoms with Crippen molar-refractivity contribution < 1.29 is 9.18 Å². The van der Waals surface area contributed by atoms with Gasteiger partial charge in [-0.15, -0.1) is 20.4 Å². The van der Waals surface area contributed by atoms with Crippen molar-refractivity contribution >= 4 is 34.1 Å². The van der Waals surface area contributed by atoms with Gasteiger partial charge >= 0.3 is 0 Å². The fourth-order valence-corrected chi connectivity index (χ4v) is 4.14. The van der Waals surface area contributed by atoms with E-state index >= 15 is 0 Å². The van der Waals surface area contributed by atoms with Crippen LogP contribution in [0.3, 0.4) is 0 Å². The first kappa shape index (κ1) is 20.2. The summed E-state index contributed by atoms with van der Waals surface area (Å²) in [5, 5.41) is 20.8. The molecule has 1 amide bonds. The standard InChI is InChI=1S/C20H17FN6OS2/c1-12-3-5-13(6-4-12)17-23-26-20(27(17)2)29-11-16(28)22-19-25-24-18(30-19)14-7-9-15(21)10-8-14/h3-10H,11H2,1-2H3,(H,22,25,28). The molecule has 2 aromatic heterocycles. The average molecular weight is 441 g/mol. The van der Waals surface area contributed by atoms with E-state index in [-0.39, 0.29) is 17.5 Å². The van der Waals surface area contributed by atoms with Crippen molar-refractivity contribution in [1.82, 2.24) is 25.0 Å². The maximum atomic E-state index is 13.0. The van der Waals surface area contributed by atoms with Crippen LogP contribution in [-0.4, -0.2) is 36.6 Å². The molecule has 0 fully saturated rings. The van der Waals surface area contributed by atoms with E-state index in [1.54, 1.807) is 12.1 Å². The summed E-state index contributed by atoms with van der Waals surface area (Å²) in [7, 11) is 1.87. The minimum Gasteiger partial charge on any atom is -0.305 e. The zero-order chi connectivity index (χ0) is 21.1. The fourth-order valence-electron chi connectivity index (χ4n) is 2.66. The molecule has 0 aliphatic rings. The van der Waals surface area contributed by atoms with E-state index in [4.69, 9.17) is 0 Å². The summed E-state index contributed by atoms with van der Waals surface area (Å²) in [6.07, 6.45) is 0. The molecule has 0 radical (unpaired) electrons. The molecule has 30 heavy (non-hydrogen) atoms. The van der Waals surface area contributed by atoms with Gasteiger partial charge in [0, 0.05) is 18.2 Å². The van der Waals surface area contributed by atoms with Crippen molar-refractivity contribution in [2.75, 3.05) is 11.1 Å². The number of halogens is 1. The number of carbonyl (C=O) groups is 1. The summed E-state index contributed by atoms with van der Waals surface area (Å²) in [5.74, 6) is 0.363. The Labute approximate surface area is 180 Å². The van der Waals surface area contributed by atoms with E-state index in [1.165, 1.54) is 40.8 Å². The van der Waals surface area contributed by atoms with Crippen LogP contribution in [0.15, 0.2) is 53.7 Å². The van der Waals surface area contributed by atoms with Crippen LogP contribution in [-0.2, 0) is 11.8 Å². The van der Waals surface area contributed by atoms with Gasteiger partial charge in [-0.2, -0.15) is 0 Å². The molecular formula is C20H17FN6OS2. The summed E-state index contributed by atoms with van der Waals surface area (Å²) in [6.45, 7) is 2.03. The maximum absolute atomic E-state index is 13.0. The van der Waals surface area contributed by atoms with E-state index in [1.807, 2.05) is 42.8 Å². The van der Waals surface area contributed by atoms with Crippen molar-refractivity contribution in [3.8, 4) is 22.0 Å². The molecule has 0 aliphatic heterocycles. The maximum Gasteiger partial charge on any atom is 0.236 e. The number of nitrogens with zero attached hydrogens (tertiary/aromatic N) is 5. The van der Waals surface area contributed by atoms with Gasteiger partial charge in [-0.3, -0.25) is 10.1 Å². The van der Waals surface area contributed by atoms with E-state index in [9.17, 15) is 9.18 Å². The minimum atomic E-state index is -0.317. The molecule has 10 heteroatoms. The third kappa shape index (κ3) is 4.55. The Balaban J connectivity index is 1.36. The second-order valence-electron chi connectivity index (χ2n) is 6.49. The van der Waals surface area contributed by atoms with E-state index in [2.05, 4.69) is 25.7 Å². The SMILES string of the molecule is Cc1ccc(-c2nnc(SCC(=O)Nc3nnc(-c4ccc(F)cc4)s3)n2C)cc1. The average Bonchev–Trinajstić information content (AvgIpc) is 3.34. The predicted molar refractivity (Wildman–Crippen MR) is 116 cm³/mol. The fraction of sp³-hybridized carbons (Fsp3) is 0.150. The molecule has 4 rings (SSSR count). The lowest BCUT2D eigenvalue weighted by Crippen LogP contribution is -2.14. The Bertz CT molecular complexity index is 1170. The van der Waals surface area contributed by atoms with Gasteiger partial charge in [0.25, 0.3) is 0 Å². The molecular weight excluding hydrogens is 423 g/mol. The highest BCUT2D eigenvalue weighted by Crippen LogP contribution is 2.27. The highest BCUT2D eigenvalue weighted by Gasteiger charge is 2.14. The lowest BCUT2D eigenvalue weighted by atomic mass is 10.1. The normalized spacial score (nSPS) is 10.9. The lowest BCUT2D eigenvalue weighted by Gasteiger charge is -2.04. The van der Waals surface area contributed by atoms with Gasteiger partial charge in [-0.25, -0.2) is 4.39 Å². The molecule has 0 saturated heterocycles. The number of aryl methyl sites for hydroxylation is 1. The number of hydrogen-bond acceptors (Lipinski definition) is 7. The summed E-state index contributed by atoms with van der Waals surface area (Å²) >= 11 is 2.52. The number of carbonyl (C=O) groups excluding carboxylic acids is 1. The summed E-state index contributed by atoms with van der Waals surface area (Å²) in [5.41, 5.74) is 2.88. The zero-order valence-electron chi connectivity index (χ0n) is 16.2. The Morgan fingerprint density at radius 2 is 1.73 bits per heavy atom. The van der Waals surface area contributed by atoms with Crippen LogP contribution in [0.5, 0.6) is 0 Å². The number of hydrogen-bond donors (Lipinski definition) is 1. The van der Waals surface area contributed by atoms with E-state index in [0.29, 0.717) is 15.3 Å². The molecule has 0 atom stereocenters. The van der Waals surface area contributed by atoms with Crippen molar-refractivity contribution in [3.05, 3.63) is 59.9 Å². The number of amides is 1. The number of benzene rings is 2. The first-order chi connectivity index (χ1) is 14.5.